The van der Waals surface area contributed by atoms with Crippen molar-refractivity contribution < 1.29 is 47.9 Å². The van der Waals surface area contributed by atoms with Crippen LogP contribution in [0.5, 0.6) is 0 Å². The quantitative estimate of drug-likeness (QED) is 0.570. The second-order valence-electron chi connectivity index (χ2n) is 6.38. The van der Waals surface area contributed by atoms with Gasteiger partial charge < -0.3 is 0 Å². The molecule has 0 aliphatic rings. The van der Waals surface area contributed by atoms with Crippen molar-refractivity contribution in [3.05, 3.63) is 40.6 Å². The fourth-order valence-electron chi connectivity index (χ4n) is 2.41. The number of rotatable bonds is 6. The van der Waals surface area contributed by atoms with E-state index in [9.17, 15) is 52.7 Å². The summed E-state index contributed by atoms with van der Waals surface area (Å²) in [6, 6.07) is 0.626. The Hall–Kier alpha value is -2.65. The van der Waals surface area contributed by atoms with Gasteiger partial charge in [0.1, 0.15) is 5.69 Å². The normalized spacial score (nSPS) is 14.4. The van der Waals surface area contributed by atoms with Gasteiger partial charge >= 0.3 is 18.3 Å². The Labute approximate surface area is 173 Å². The van der Waals surface area contributed by atoms with Crippen molar-refractivity contribution in [2.45, 2.75) is 42.8 Å². The molecule has 0 amide bonds. The SMILES string of the molecule is CCS(=O)(=O)c1cc(C(F)(F)F)cnc1-c1cc(=O)n(CC(F)(F)C(F)C(F)(F)F)cn1. The van der Waals surface area contributed by atoms with Crippen LogP contribution < -0.4 is 5.56 Å². The minimum absolute atomic E-state index is 0.0695. The number of hydrogen-bond acceptors (Lipinski definition) is 5. The molecule has 0 aliphatic heterocycles. The first kappa shape index (κ1) is 25.6. The van der Waals surface area contributed by atoms with E-state index in [1.54, 1.807) is 0 Å². The molecule has 16 heteroatoms. The second-order valence-corrected chi connectivity index (χ2v) is 8.62. The summed E-state index contributed by atoms with van der Waals surface area (Å²) in [5.74, 6) is -5.71. The summed E-state index contributed by atoms with van der Waals surface area (Å²) in [5.41, 5.74) is -4.24. The summed E-state index contributed by atoms with van der Waals surface area (Å²) >= 11 is 0. The number of pyridine rings is 1. The molecule has 2 aromatic rings. The van der Waals surface area contributed by atoms with Gasteiger partial charge in [-0.3, -0.25) is 14.3 Å². The Morgan fingerprint density at radius 2 is 1.62 bits per heavy atom. The fourth-order valence-corrected chi connectivity index (χ4v) is 3.47. The molecule has 0 fully saturated rings. The Balaban J connectivity index is 2.55. The topological polar surface area (TPSA) is 81.9 Å². The largest absolute Gasteiger partial charge is 0.425 e. The van der Waals surface area contributed by atoms with Gasteiger partial charge in [0, 0.05) is 12.3 Å². The van der Waals surface area contributed by atoms with Crippen LogP contribution in [-0.2, 0) is 22.6 Å². The zero-order valence-electron chi connectivity index (χ0n) is 15.7. The van der Waals surface area contributed by atoms with Gasteiger partial charge in [-0.25, -0.2) is 26.6 Å². The van der Waals surface area contributed by atoms with Crippen LogP contribution >= 0.6 is 0 Å². The fraction of sp³-hybridized carbons (Fsp3) is 0.438. The molecule has 178 valence electrons. The molecule has 32 heavy (non-hydrogen) atoms. The molecule has 0 spiro atoms. The molecular weight excluding hydrogens is 485 g/mol. The predicted octanol–water partition coefficient (Wildman–Crippen LogP) is 3.65. The van der Waals surface area contributed by atoms with E-state index in [0.29, 0.717) is 6.07 Å². The van der Waals surface area contributed by atoms with E-state index < -0.39 is 74.0 Å². The maximum atomic E-state index is 13.5. The minimum atomic E-state index is -5.91. The van der Waals surface area contributed by atoms with Crippen LogP contribution in [0.25, 0.3) is 11.4 Å². The van der Waals surface area contributed by atoms with Gasteiger partial charge in [0.2, 0.25) is 0 Å². The Kier molecular flexibility index (Phi) is 6.69. The van der Waals surface area contributed by atoms with Crippen LogP contribution in [0, 0.1) is 0 Å². The van der Waals surface area contributed by atoms with Crippen LogP contribution in [0.4, 0.5) is 39.5 Å². The van der Waals surface area contributed by atoms with Gasteiger partial charge in [-0.1, -0.05) is 6.92 Å². The first-order chi connectivity index (χ1) is 14.4. The average molecular weight is 497 g/mol. The molecule has 2 heterocycles. The Morgan fingerprint density at radius 1 is 1.03 bits per heavy atom. The summed E-state index contributed by atoms with van der Waals surface area (Å²) in [7, 11) is -4.35. The Morgan fingerprint density at radius 3 is 2.09 bits per heavy atom. The second kappa shape index (κ2) is 8.37. The van der Waals surface area contributed by atoms with Gasteiger partial charge in [0.15, 0.2) is 9.84 Å². The van der Waals surface area contributed by atoms with E-state index in [4.69, 9.17) is 0 Å². The lowest BCUT2D eigenvalue weighted by molar-refractivity contribution is -0.247. The van der Waals surface area contributed by atoms with Crippen LogP contribution in [0.2, 0.25) is 0 Å². The molecular formula is C16H12F9N3O3S. The van der Waals surface area contributed by atoms with Crippen molar-refractivity contribution in [2.75, 3.05) is 5.75 Å². The maximum Gasteiger partial charge on any atom is 0.425 e. The van der Waals surface area contributed by atoms with Gasteiger partial charge in [-0.2, -0.15) is 26.3 Å². The van der Waals surface area contributed by atoms with Crippen molar-refractivity contribution in [1.82, 2.24) is 14.5 Å². The number of aromatic nitrogens is 3. The number of sulfone groups is 1. The molecule has 0 bridgehead atoms. The van der Waals surface area contributed by atoms with E-state index in [0.717, 1.165) is 6.92 Å². The van der Waals surface area contributed by atoms with Crippen molar-refractivity contribution in [1.29, 1.82) is 0 Å². The molecule has 2 aromatic heterocycles. The summed E-state index contributed by atoms with van der Waals surface area (Å²) in [6.07, 6.45) is -14.9. The maximum absolute atomic E-state index is 13.5. The zero-order chi connectivity index (χ0) is 24.7. The summed E-state index contributed by atoms with van der Waals surface area (Å²) in [5, 5.41) is 0. The number of alkyl halides is 9. The highest BCUT2D eigenvalue weighted by Gasteiger charge is 2.57. The van der Waals surface area contributed by atoms with E-state index >= 15 is 0 Å². The molecule has 1 atom stereocenters. The van der Waals surface area contributed by atoms with Crippen LogP contribution in [0.3, 0.4) is 0 Å². The third-order valence-electron chi connectivity index (χ3n) is 4.06. The van der Waals surface area contributed by atoms with E-state index in [1.165, 1.54) is 0 Å². The summed E-state index contributed by atoms with van der Waals surface area (Å²) in [4.78, 5) is 17.9. The lowest BCUT2D eigenvalue weighted by Crippen LogP contribution is -2.46. The molecule has 2 rings (SSSR count). The highest BCUT2D eigenvalue weighted by Crippen LogP contribution is 2.36. The molecule has 6 nitrogen and oxygen atoms in total. The molecule has 0 radical (unpaired) electrons. The molecule has 0 aliphatic carbocycles. The van der Waals surface area contributed by atoms with Crippen molar-refractivity contribution >= 4 is 9.84 Å². The van der Waals surface area contributed by atoms with Crippen LogP contribution in [0.1, 0.15) is 12.5 Å². The first-order valence-corrected chi connectivity index (χ1v) is 10.0. The molecule has 1 unspecified atom stereocenters. The summed E-state index contributed by atoms with van der Waals surface area (Å²) in [6.45, 7) is -0.943. The highest BCUT2D eigenvalue weighted by atomic mass is 32.2. The molecule has 0 saturated carbocycles. The predicted molar refractivity (Wildman–Crippen MR) is 90.4 cm³/mol. The van der Waals surface area contributed by atoms with Gasteiger partial charge in [-0.05, 0) is 6.07 Å². The standard InChI is InChI=1S/C16H12F9N3O3S/c1-2-32(30,31)10-3-8(15(20,21)22)5-26-12(10)9-4-11(29)28(7-27-9)6-14(18,19)13(17)16(23,24)25/h3-5,7,13H,2,6H2,1H3. The third-order valence-corrected chi connectivity index (χ3v) is 5.80. The first-order valence-electron chi connectivity index (χ1n) is 8.35. The van der Waals surface area contributed by atoms with Crippen molar-refractivity contribution in [3.8, 4) is 11.4 Å². The zero-order valence-corrected chi connectivity index (χ0v) is 16.5. The minimum Gasteiger partial charge on any atom is -0.293 e. The summed E-state index contributed by atoms with van der Waals surface area (Å²) < 4.78 is 140. The number of nitrogens with zero attached hydrogens (tertiary/aromatic N) is 3. The van der Waals surface area contributed by atoms with Gasteiger partial charge in [0.25, 0.3) is 11.7 Å². The van der Waals surface area contributed by atoms with Crippen LogP contribution in [-0.4, -0.2) is 47.0 Å². The van der Waals surface area contributed by atoms with Gasteiger partial charge in [-0.15, -0.1) is 0 Å². The van der Waals surface area contributed by atoms with E-state index in [-0.39, 0.29) is 23.2 Å². The van der Waals surface area contributed by atoms with Crippen LogP contribution in [0.15, 0.2) is 34.3 Å². The molecule has 0 aromatic carbocycles. The van der Waals surface area contributed by atoms with Crippen molar-refractivity contribution in [2.24, 2.45) is 0 Å². The average Bonchev–Trinajstić information content (AvgIpc) is 2.67. The molecule has 0 N–H and O–H groups in total. The molecule has 0 saturated heterocycles. The highest BCUT2D eigenvalue weighted by molar-refractivity contribution is 7.91. The number of halogens is 9. The monoisotopic (exact) mass is 497 g/mol. The third kappa shape index (κ3) is 5.39. The lowest BCUT2D eigenvalue weighted by atomic mass is 10.2. The van der Waals surface area contributed by atoms with E-state index in [2.05, 4.69) is 9.97 Å². The smallest absolute Gasteiger partial charge is 0.293 e. The lowest BCUT2D eigenvalue weighted by Gasteiger charge is -2.23. The Bertz CT molecular complexity index is 1160. The van der Waals surface area contributed by atoms with E-state index in [1.807, 2.05) is 0 Å². The van der Waals surface area contributed by atoms with Crippen molar-refractivity contribution in [3.63, 3.8) is 0 Å². The van der Waals surface area contributed by atoms with Gasteiger partial charge in [0.05, 0.1) is 34.8 Å². The number of hydrogen-bond donors (Lipinski definition) is 0.